The van der Waals surface area contributed by atoms with Crippen LogP contribution in [0.15, 0.2) is 24.4 Å². The number of benzene rings is 1. The van der Waals surface area contributed by atoms with Crippen molar-refractivity contribution in [1.29, 1.82) is 5.26 Å². The van der Waals surface area contributed by atoms with Gasteiger partial charge in [0.1, 0.15) is 17.4 Å². The van der Waals surface area contributed by atoms with Crippen LogP contribution in [0.25, 0.3) is 5.65 Å². The van der Waals surface area contributed by atoms with E-state index in [4.69, 9.17) is 5.26 Å². The van der Waals surface area contributed by atoms with Gasteiger partial charge in [0.05, 0.1) is 6.20 Å². The fraction of sp³-hybridized carbons (Fsp3) is 0.300. The van der Waals surface area contributed by atoms with Crippen molar-refractivity contribution in [3.05, 3.63) is 52.5 Å². The van der Waals surface area contributed by atoms with E-state index in [-0.39, 0.29) is 18.1 Å². The molecule has 9 heteroatoms. The molecule has 0 aliphatic rings. The van der Waals surface area contributed by atoms with Crippen LogP contribution in [-0.4, -0.2) is 27.1 Å². The zero-order valence-electron chi connectivity index (χ0n) is 16.2. The van der Waals surface area contributed by atoms with Crippen molar-refractivity contribution in [1.82, 2.24) is 14.6 Å². The molecule has 0 saturated heterocycles. The summed E-state index contributed by atoms with van der Waals surface area (Å²) in [7, 11) is 0. The van der Waals surface area contributed by atoms with E-state index in [2.05, 4.69) is 26.2 Å². The van der Waals surface area contributed by atoms with Gasteiger partial charge in [0.25, 0.3) is 0 Å². The molecule has 0 aliphatic carbocycles. The maximum absolute atomic E-state index is 12.5. The number of carbonyl (C=O) groups is 1. The minimum atomic E-state index is -2.93. The third-order valence-corrected chi connectivity index (χ3v) is 4.71. The van der Waals surface area contributed by atoms with Crippen LogP contribution in [0.1, 0.15) is 34.5 Å². The van der Waals surface area contributed by atoms with Crippen molar-refractivity contribution in [3.63, 3.8) is 0 Å². The summed E-state index contributed by atoms with van der Waals surface area (Å²) in [5.41, 5.74) is 4.13. The van der Waals surface area contributed by atoms with Crippen molar-refractivity contribution in [2.75, 3.05) is 5.32 Å². The molecule has 0 radical (unpaired) electrons. The molecule has 0 saturated carbocycles. The molecule has 29 heavy (non-hydrogen) atoms. The second-order valence-corrected chi connectivity index (χ2v) is 6.52. The smallest absolute Gasteiger partial charge is 0.387 e. The van der Waals surface area contributed by atoms with E-state index >= 15 is 0 Å². The maximum Gasteiger partial charge on any atom is 0.387 e. The zero-order valence-corrected chi connectivity index (χ0v) is 16.2. The van der Waals surface area contributed by atoms with Crippen LogP contribution >= 0.6 is 0 Å². The number of hydrogen-bond acceptors (Lipinski definition) is 5. The quantitative estimate of drug-likeness (QED) is 0.682. The molecule has 2 aromatic heterocycles. The van der Waals surface area contributed by atoms with Gasteiger partial charge in [0, 0.05) is 29.1 Å². The topological polar surface area (TPSA) is 92.3 Å². The number of aromatic nitrogens is 3. The summed E-state index contributed by atoms with van der Waals surface area (Å²) in [6, 6.07) is 6.64. The molecule has 1 amide bonds. The Labute approximate surface area is 165 Å². The molecule has 1 N–H and O–H groups in total. The lowest BCUT2D eigenvalue weighted by Gasteiger charge is -2.14. The number of fused-ring (bicyclic) bond motifs is 1. The fourth-order valence-electron chi connectivity index (χ4n) is 3.18. The summed E-state index contributed by atoms with van der Waals surface area (Å²) >= 11 is 0. The first kappa shape index (κ1) is 20.2. The average Bonchev–Trinajstić information content (AvgIpc) is 3.07. The highest BCUT2D eigenvalue weighted by atomic mass is 19.3. The van der Waals surface area contributed by atoms with E-state index in [1.165, 1.54) is 18.3 Å². The predicted molar refractivity (Wildman–Crippen MR) is 102 cm³/mol. The lowest BCUT2D eigenvalue weighted by Crippen LogP contribution is -2.15. The number of rotatable bonds is 6. The number of hydrogen-bond donors (Lipinski definition) is 1. The summed E-state index contributed by atoms with van der Waals surface area (Å²) < 4.78 is 31.0. The second kappa shape index (κ2) is 8.22. The van der Waals surface area contributed by atoms with Crippen molar-refractivity contribution in [2.24, 2.45) is 0 Å². The Morgan fingerprint density at radius 2 is 2.10 bits per heavy atom. The van der Waals surface area contributed by atoms with Crippen molar-refractivity contribution in [2.45, 2.75) is 40.2 Å². The normalized spacial score (nSPS) is 10.9. The number of halogens is 2. The van der Waals surface area contributed by atoms with Crippen molar-refractivity contribution >= 4 is 17.2 Å². The Morgan fingerprint density at radius 1 is 1.34 bits per heavy atom. The largest absolute Gasteiger partial charge is 0.434 e. The summed E-state index contributed by atoms with van der Waals surface area (Å²) in [5, 5.41) is 16.1. The van der Waals surface area contributed by atoms with Crippen LogP contribution in [0.4, 0.5) is 14.5 Å². The number of alkyl halides is 2. The highest BCUT2D eigenvalue weighted by Gasteiger charge is 2.16. The van der Waals surface area contributed by atoms with Crippen LogP contribution < -0.4 is 10.1 Å². The first-order valence-corrected chi connectivity index (χ1v) is 8.90. The number of nitriles is 1. The first-order chi connectivity index (χ1) is 13.8. The molecule has 0 spiro atoms. The van der Waals surface area contributed by atoms with Crippen molar-refractivity contribution in [3.8, 4) is 11.8 Å². The number of amides is 1. The third-order valence-electron chi connectivity index (χ3n) is 4.71. The van der Waals surface area contributed by atoms with Crippen LogP contribution in [-0.2, 0) is 11.2 Å². The molecule has 3 rings (SSSR count). The predicted octanol–water partition coefficient (Wildman–Crippen LogP) is 3.70. The van der Waals surface area contributed by atoms with Gasteiger partial charge in [-0.05, 0) is 44.9 Å². The molecule has 0 aliphatic heterocycles. The molecule has 0 fully saturated rings. The Hall–Kier alpha value is -3.54. The van der Waals surface area contributed by atoms with Crippen LogP contribution in [0, 0.1) is 32.1 Å². The minimum absolute atomic E-state index is 0.0196. The standard InChI is InChI=1S/C20H19F2N5O2/c1-11-16(5-4-6-17(11)29-20(21)22)26-18(28)8-7-15-12(2)25-19-14(9-23)10-24-27(19)13(15)3/h4-6,10,20H,7-8H2,1-3H3,(H,26,28). The van der Waals surface area contributed by atoms with Gasteiger partial charge in [0.2, 0.25) is 5.91 Å². The Balaban J connectivity index is 1.74. The second-order valence-electron chi connectivity index (χ2n) is 6.52. The number of anilines is 1. The molecular weight excluding hydrogens is 380 g/mol. The van der Waals surface area contributed by atoms with Gasteiger partial charge in [0.15, 0.2) is 5.65 Å². The minimum Gasteiger partial charge on any atom is -0.434 e. The van der Waals surface area contributed by atoms with Gasteiger partial charge in [-0.15, -0.1) is 0 Å². The molecule has 0 atom stereocenters. The van der Waals surface area contributed by atoms with Gasteiger partial charge in [-0.25, -0.2) is 9.50 Å². The van der Waals surface area contributed by atoms with Crippen LogP contribution in [0.2, 0.25) is 0 Å². The number of aryl methyl sites for hydroxylation is 2. The molecule has 0 unspecified atom stereocenters. The Kier molecular flexibility index (Phi) is 5.73. The van der Waals surface area contributed by atoms with E-state index in [1.54, 1.807) is 17.5 Å². The number of nitrogens with zero attached hydrogens (tertiary/aromatic N) is 4. The highest BCUT2D eigenvalue weighted by molar-refractivity contribution is 5.92. The monoisotopic (exact) mass is 399 g/mol. The maximum atomic E-state index is 12.5. The summed E-state index contributed by atoms with van der Waals surface area (Å²) in [6.45, 7) is 2.35. The molecule has 2 heterocycles. The van der Waals surface area contributed by atoms with Crippen LogP contribution in [0.5, 0.6) is 5.75 Å². The number of nitrogens with one attached hydrogen (secondary N) is 1. The Morgan fingerprint density at radius 3 is 2.79 bits per heavy atom. The summed E-state index contributed by atoms with van der Waals surface area (Å²) in [4.78, 5) is 16.9. The molecule has 7 nitrogen and oxygen atoms in total. The molecular formula is C20H19F2N5O2. The van der Waals surface area contributed by atoms with Gasteiger partial charge in [-0.3, -0.25) is 4.79 Å². The summed E-state index contributed by atoms with van der Waals surface area (Å²) in [5.74, 6) is -0.245. The Bertz CT molecular complexity index is 1120. The van der Waals surface area contributed by atoms with Gasteiger partial charge in [-0.1, -0.05) is 6.07 Å². The first-order valence-electron chi connectivity index (χ1n) is 8.90. The van der Waals surface area contributed by atoms with E-state index < -0.39 is 6.61 Å². The number of carbonyl (C=O) groups excluding carboxylic acids is 1. The molecule has 0 bridgehead atoms. The molecule has 1 aromatic carbocycles. The lowest BCUT2D eigenvalue weighted by molar-refractivity contribution is -0.116. The van der Waals surface area contributed by atoms with E-state index in [1.807, 2.05) is 13.8 Å². The SMILES string of the molecule is Cc1nc2c(C#N)cnn2c(C)c1CCC(=O)Nc1cccc(OC(F)F)c1C. The van der Waals surface area contributed by atoms with Gasteiger partial charge < -0.3 is 10.1 Å². The van der Waals surface area contributed by atoms with Gasteiger partial charge >= 0.3 is 6.61 Å². The van der Waals surface area contributed by atoms with E-state index in [0.29, 0.717) is 28.9 Å². The van der Waals surface area contributed by atoms with E-state index in [9.17, 15) is 13.6 Å². The molecule has 150 valence electrons. The number of ether oxygens (including phenoxy) is 1. The van der Waals surface area contributed by atoms with E-state index in [0.717, 1.165) is 17.0 Å². The van der Waals surface area contributed by atoms with Crippen LogP contribution in [0.3, 0.4) is 0 Å². The zero-order chi connectivity index (χ0) is 21.1. The molecule has 3 aromatic rings. The lowest BCUT2D eigenvalue weighted by atomic mass is 10.1. The fourth-order valence-corrected chi connectivity index (χ4v) is 3.18. The van der Waals surface area contributed by atoms with Crippen molar-refractivity contribution < 1.29 is 18.3 Å². The highest BCUT2D eigenvalue weighted by Crippen LogP contribution is 2.27. The van der Waals surface area contributed by atoms with Gasteiger partial charge in [-0.2, -0.15) is 19.1 Å². The average molecular weight is 399 g/mol. The third kappa shape index (κ3) is 4.16. The summed E-state index contributed by atoms with van der Waals surface area (Å²) in [6.07, 6.45) is 2.05.